The van der Waals surface area contributed by atoms with Gasteiger partial charge in [0.2, 0.25) is 0 Å². The average Bonchev–Trinajstić information content (AvgIpc) is 3.09. The number of ether oxygens (including phenoxy) is 1. The third-order valence-electron chi connectivity index (χ3n) is 6.09. The molecule has 1 aliphatic heterocycles. The molecule has 3 aromatic rings. The zero-order valence-electron chi connectivity index (χ0n) is 20.5. The normalized spacial score (nSPS) is 17.5. The molecule has 0 bridgehead atoms. The second-order valence-corrected chi connectivity index (χ2v) is 9.56. The Morgan fingerprint density at radius 1 is 1.00 bits per heavy atom. The van der Waals surface area contributed by atoms with Gasteiger partial charge in [-0.3, -0.25) is 14.5 Å². The Bertz CT molecular complexity index is 1370. The lowest BCUT2D eigenvalue weighted by atomic mass is 9.84. The van der Waals surface area contributed by atoms with Gasteiger partial charge in [0, 0.05) is 22.4 Å². The van der Waals surface area contributed by atoms with Crippen LogP contribution in [0.15, 0.2) is 72.3 Å². The second-order valence-electron chi connectivity index (χ2n) is 9.56. The fourth-order valence-corrected chi connectivity index (χ4v) is 4.42. The highest BCUT2D eigenvalue weighted by Gasteiger charge is 2.48. The smallest absolute Gasteiger partial charge is 0.300 e. The maximum Gasteiger partial charge on any atom is 0.300 e. The number of carbonyl (C=O) groups is 2. The van der Waals surface area contributed by atoms with Crippen LogP contribution in [0.1, 0.15) is 50.4 Å². The number of anilines is 1. The third kappa shape index (κ3) is 4.49. The lowest BCUT2D eigenvalue weighted by molar-refractivity contribution is -0.132. The molecule has 0 saturated carbocycles. The van der Waals surface area contributed by atoms with Crippen LogP contribution in [0, 0.1) is 11.6 Å². The molecule has 5 nitrogen and oxygen atoms in total. The molecule has 0 aromatic heterocycles. The van der Waals surface area contributed by atoms with E-state index in [1.807, 2.05) is 27.7 Å². The van der Waals surface area contributed by atoms with Crippen LogP contribution in [0.3, 0.4) is 0 Å². The summed E-state index contributed by atoms with van der Waals surface area (Å²) in [6.07, 6.45) is 0. The van der Waals surface area contributed by atoms with Crippen molar-refractivity contribution >= 4 is 23.1 Å². The van der Waals surface area contributed by atoms with E-state index in [1.165, 1.54) is 36.4 Å². The van der Waals surface area contributed by atoms with E-state index in [1.54, 1.807) is 24.3 Å². The number of halogens is 2. The number of ketones is 1. The fraction of sp³-hybridized carbons (Fsp3) is 0.241. The summed E-state index contributed by atoms with van der Waals surface area (Å²) in [5.74, 6) is -3.09. The molecule has 1 atom stereocenters. The van der Waals surface area contributed by atoms with Crippen LogP contribution in [0.5, 0.6) is 5.75 Å². The van der Waals surface area contributed by atoms with Crippen molar-refractivity contribution in [1.29, 1.82) is 0 Å². The monoisotopic (exact) mass is 491 g/mol. The number of carbonyl (C=O) groups excluding carboxylic acids is 2. The van der Waals surface area contributed by atoms with Crippen LogP contribution in [0.25, 0.3) is 5.76 Å². The molecule has 1 saturated heterocycles. The van der Waals surface area contributed by atoms with Crippen molar-refractivity contribution in [3.05, 3.63) is 101 Å². The Hall–Kier alpha value is -4.00. The number of benzene rings is 3. The van der Waals surface area contributed by atoms with E-state index in [-0.39, 0.29) is 27.8 Å². The number of hydrogen-bond donors (Lipinski definition) is 1. The molecule has 186 valence electrons. The van der Waals surface area contributed by atoms with E-state index in [9.17, 15) is 19.1 Å². The summed E-state index contributed by atoms with van der Waals surface area (Å²) in [7, 11) is 0. The minimum absolute atomic E-state index is 0.00416. The molecule has 0 spiro atoms. The number of aliphatic hydroxyl groups is 1. The van der Waals surface area contributed by atoms with Crippen molar-refractivity contribution in [2.45, 2.75) is 39.2 Å². The zero-order chi connectivity index (χ0) is 26.2. The first-order valence-electron chi connectivity index (χ1n) is 11.6. The average molecular weight is 492 g/mol. The Balaban J connectivity index is 1.97. The minimum atomic E-state index is -1.29. The van der Waals surface area contributed by atoms with E-state index in [2.05, 4.69) is 0 Å². The molecule has 1 amide bonds. The predicted octanol–water partition coefficient (Wildman–Crippen LogP) is 6.29. The van der Waals surface area contributed by atoms with Gasteiger partial charge in [0.1, 0.15) is 23.1 Å². The van der Waals surface area contributed by atoms with E-state index < -0.39 is 35.1 Å². The molecule has 0 radical (unpaired) electrons. The Kier molecular flexibility index (Phi) is 6.67. The van der Waals surface area contributed by atoms with Crippen molar-refractivity contribution in [3.63, 3.8) is 0 Å². The van der Waals surface area contributed by atoms with Gasteiger partial charge in [-0.25, -0.2) is 8.78 Å². The van der Waals surface area contributed by atoms with Crippen LogP contribution >= 0.6 is 0 Å². The molecule has 1 unspecified atom stereocenters. The minimum Gasteiger partial charge on any atom is -0.507 e. The highest BCUT2D eigenvalue weighted by atomic mass is 19.1. The summed E-state index contributed by atoms with van der Waals surface area (Å²) in [5.41, 5.74) is 0.506. The van der Waals surface area contributed by atoms with E-state index >= 15 is 4.39 Å². The van der Waals surface area contributed by atoms with Crippen molar-refractivity contribution < 1.29 is 28.2 Å². The van der Waals surface area contributed by atoms with Gasteiger partial charge >= 0.3 is 0 Å². The first kappa shape index (κ1) is 25.1. The molecule has 1 fully saturated rings. The first-order valence-corrected chi connectivity index (χ1v) is 11.6. The van der Waals surface area contributed by atoms with Crippen molar-refractivity contribution in [2.75, 3.05) is 11.5 Å². The van der Waals surface area contributed by atoms with Gasteiger partial charge in [0.05, 0.1) is 18.2 Å². The van der Waals surface area contributed by atoms with Crippen molar-refractivity contribution in [2.24, 2.45) is 0 Å². The van der Waals surface area contributed by atoms with Gasteiger partial charge in [-0.1, -0.05) is 45.0 Å². The maximum absolute atomic E-state index is 15.0. The predicted molar refractivity (Wildman–Crippen MR) is 134 cm³/mol. The van der Waals surface area contributed by atoms with Crippen LogP contribution in [-0.4, -0.2) is 23.4 Å². The molecule has 1 N–H and O–H groups in total. The van der Waals surface area contributed by atoms with Crippen LogP contribution in [0.4, 0.5) is 14.5 Å². The maximum atomic E-state index is 15.0. The molecule has 36 heavy (non-hydrogen) atoms. The summed E-state index contributed by atoms with van der Waals surface area (Å²) in [4.78, 5) is 27.5. The summed E-state index contributed by atoms with van der Waals surface area (Å²) < 4.78 is 34.8. The summed E-state index contributed by atoms with van der Waals surface area (Å²) in [6, 6.07) is 14.5. The highest BCUT2D eigenvalue weighted by Crippen LogP contribution is 2.44. The van der Waals surface area contributed by atoms with Gasteiger partial charge in [-0.15, -0.1) is 0 Å². The topological polar surface area (TPSA) is 66.8 Å². The third-order valence-corrected chi connectivity index (χ3v) is 6.09. The number of aliphatic hydroxyl groups excluding tert-OH is 1. The number of amides is 1. The molecular weight excluding hydrogens is 464 g/mol. The number of hydrogen-bond acceptors (Lipinski definition) is 4. The quantitative estimate of drug-likeness (QED) is 0.259. The largest absolute Gasteiger partial charge is 0.507 e. The molecule has 0 aliphatic carbocycles. The molecular formula is C29H27F2NO4. The van der Waals surface area contributed by atoms with E-state index in [0.717, 1.165) is 16.5 Å². The van der Waals surface area contributed by atoms with Crippen molar-refractivity contribution in [1.82, 2.24) is 0 Å². The number of rotatable bonds is 5. The van der Waals surface area contributed by atoms with Gasteiger partial charge in [0.15, 0.2) is 0 Å². The SMILES string of the molecule is CCOc1ccc(/C(O)=C2\C(=O)C(=O)N(c3cccc(F)c3)C2c2ccccc2F)cc1C(C)(C)C. The van der Waals surface area contributed by atoms with Crippen molar-refractivity contribution in [3.8, 4) is 5.75 Å². The Morgan fingerprint density at radius 2 is 1.72 bits per heavy atom. The van der Waals surface area contributed by atoms with Crippen LogP contribution < -0.4 is 9.64 Å². The summed E-state index contributed by atoms with van der Waals surface area (Å²) >= 11 is 0. The van der Waals surface area contributed by atoms with Crippen LogP contribution in [-0.2, 0) is 15.0 Å². The number of Topliss-reactive ketones (excluding diaryl/α,β-unsaturated/α-hetero) is 1. The summed E-state index contributed by atoms with van der Waals surface area (Å²) in [6.45, 7) is 8.26. The first-order chi connectivity index (χ1) is 17.0. The Labute approximate surface area is 208 Å². The molecule has 3 aromatic carbocycles. The van der Waals surface area contributed by atoms with Gasteiger partial charge in [0.25, 0.3) is 11.7 Å². The molecule has 7 heteroatoms. The lowest BCUT2D eigenvalue weighted by Crippen LogP contribution is -2.30. The van der Waals surface area contributed by atoms with E-state index in [4.69, 9.17) is 4.74 Å². The molecule has 4 rings (SSSR count). The number of nitrogens with zero attached hydrogens (tertiary/aromatic N) is 1. The van der Waals surface area contributed by atoms with Gasteiger partial charge in [-0.05, 0) is 54.8 Å². The standard InChI is InChI=1S/C29H27F2NO4/c1-5-36-23-14-13-17(15-21(23)29(2,3)4)26(33)24-25(20-11-6-7-12-22(20)31)32(28(35)27(24)34)19-10-8-9-18(30)16-19/h6-16,25,33H,5H2,1-4H3/b26-24+. The van der Waals surface area contributed by atoms with Gasteiger partial charge < -0.3 is 9.84 Å². The van der Waals surface area contributed by atoms with E-state index in [0.29, 0.717) is 12.4 Å². The Morgan fingerprint density at radius 3 is 2.36 bits per heavy atom. The lowest BCUT2D eigenvalue weighted by Gasteiger charge is -2.26. The molecule has 1 heterocycles. The second kappa shape index (κ2) is 9.57. The zero-order valence-corrected chi connectivity index (χ0v) is 20.5. The van der Waals surface area contributed by atoms with Crippen LogP contribution in [0.2, 0.25) is 0 Å². The summed E-state index contributed by atoms with van der Waals surface area (Å²) in [5, 5.41) is 11.4. The highest BCUT2D eigenvalue weighted by molar-refractivity contribution is 6.51. The van der Waals surface area contributed by atoms with Gasteiger partial charge in [-0.2, -0.15) is 0 Å². The molecule has 1 aliphatic rings. The fourth-order valence-electron chi connectivity index (χ4n) is 4.42.